The zero-order valence-electron chi connectivity index (χ0n) is 9.56. The fourth-order valence-electron chi connectivity index (χ4n) is 1.33. The Morgan fingerprint density at radius 3 is 2.50 bits per heavy atom. The molecule has 0 aliphatic carbocycles. The van der Waals surface area contributed by atoms with Crippen LogP contribution in [0.5, 0.6) is 0 Å². The maximum Gasteiger partial charge on any atom is 0.0685 e. The summed E-state index contributed by atoms with van der Waals surface area (Å²) in [5, 5.41) is 6.26. The highest BCUT2D eigenvalue weighted by atomic mass is 15.0. The van der Waals surface area contributed by atoms with E-state index in [9.17, 15) is 0 Å². The predicted molar refractivity (Wildman–Crippen MR) is 64.0 cm³/mol. The summed E-state index contributed by atoms with van der Waals surface area (Å²) in [6, 6.07) is 0.239. The van der Waals surface area contributed by atoms with Crippen LogP contribution >= 0.6 is 0 Å². The topological polar surface area (TPSA) is 24.1 Å². The van der Waals surface area contributed by atoms with Gasteiger partial charge in [0.2, 0.25) is 0 Å². The van der Waals surface area contributed by atoms with Gasteiger partial charge in [-0.05, 0) is 26.0 Å². The van der Waals surface area contributed by atoms with E-state index in [4.69, 9.17) is 0 Å². The summed E-state index contributed by atoms with van der Waals surface area (Å²) in [5.41, 5.74) is 2.43. The number of nitrogens with one attached hydrogen (secondary N) is 2. The molecule has 0 aromatic heterocycles. The van der Waals surface area contributed by atoms with Crippen molar-refractivity contribution in [3.63, 3.8) is 0 Å². The lowest BCUT2D eigenvalue weighted by molar-refractivity contribution is 0.615. The molecule has 0 fully saturated rings. The molecular formula is C12H22N2. The van der Waals surface area contributed by atoms with E-state index in [1.165, 1.54) is 5.57 Å². The second-order valence-corrected chi connectivity index (χ2v) is 3.20. The number of hydrogen-bond donors (Lipinski definition) is 2. The third-order valence-electron chi connectivity index (χ3n) is 2.39. The van der Waals surface area contributed by atoms with Gasteiger partial charge < -0.3 is 10.6 Å². The van der Waals surface area contributed by atoms with E-state index in [2.05, 4.69) is 43.7 Å². The van der Waals surface area contributed by atoms with Gasteiger partial charge in [0.15, 0.2) is 0 Å². The van der Waals surface area contributed by atoms with E-state index >= 15 is 0 Å². The van der Waals surface area contributed by atoms with Gasteiger partial charge in [0, 0.05) is 12.7 Å². The Morgan fingerprint density at radius 1 is 1.50 bits per heavy atom. The zero-order valence-corrected chi connectivity index (χ0v) is 9.56. The summed E-state index contributed by atoms with van der Waals surface area (Å²) in [6.45, 7) is 11.9. The van der Waals surface area contributed by atoms with Crippen LogP contribution in [-0.2, 0) is 0 Å². The van der Waals surface area contributed by atoms with Crippen molar-refractivity contribution >= 4 is 0 Å². The average molecular weight is 194 g/mol. The molecule has 0 saturated heterocycles. The summed E-state index contributed by atoms with van der Waals surface area (Å²) in [6.07, 6.45) is 5.96. The first-order chi connectivity index (χ1) is 6.69. The molecule has 0 bridgehead atoms. The smallest absolute Gasteiger partial charge is 0.0685 e. The summed E-state index contributed by atoms with van der Waals surface area (Å²) in [4.78, 5) is 0. The summed E-state index contributed by atoms with van der Waals surface area (Å²) in [7, 11) is 1.89. The molecule has 0 aliphatic rings. The van der Waals surface area contributed by atoms with Crippen LogP contribution in [0.1, 0.15) is 26.7 Å². The van der Waals surface area contributed by atoms with E-state index in [0.29, 0.717) is 0 Å². The minimum atomic E-state index is 0.239. The van der Waals surface area contributed by atoms with Crippen molar-refractivity contribution in [3.05, 3.63) is 36.7 Å². The van der Waals surface area contributed by atoms with Gasteiger partial charge in [-0.3, -0.25) is 0 Å². The highest BCUT2D eigenvalue weighted by Crippen LogP contribution is 2.12. The molecule has 0 aromatic rings. The number of hydrogen-bond acceptors (Lipinski definition) is 2. The highest BCUT2D eigenvalue weighted by Gasteiger charge is 2.10. The van der Waals surface area contributed by atoms with Crippen LogP contribution in [0.25, 0.3) is 0 Å². The fraction of sp³-hybridized carbons (Fsp3) is 0.500. The van der Waals surface area contributed by atoms with Gasteiger partial charge in [-0.1, -0.05) is 31.7 Å². The van der Waals surface area contributed by atoms with Crippen LogP contribution in [0.15, 0.2) is 36.7 Å². The lowest BCUT2D eigenvalue weighted by Crippen LogP contribution is -2.31. The molecule has 0 radical (unpaired) electrons. The Bertz CT molecular complexity index is 216. The Kier molecular flexibility index (Phi) is 6.63. The first-order valence-electron chi connectivity index (χ1n) is 5.07. The minimum Gasteiger partial charge on any atom is -0.390 e. The first-order valence-corrected chi connectivity index (χ1v) is 5.07. The van der Waals surface area contributed by atoms with Gasteiger partial charge in [-0.25, -0.2) is 0 Å². The lowest BCUT2D eigenvalue weighted by Gasteiger charge is -2.20. The van der Waals surface area contributed by atoms with Crippen molar-refractivity contribution in [2.24, 2.45) is 0 Å². The highest BCUT2D eigenvalue weighted by molar-refractivity contribution is 5.12. The third-order valence-corrected chi connectivity index (χ3v) is 2.39. The summed E-state index contributed by atoms with van der Waals surface area (Å²) in [5.74, 6) is 0. The number of allylic oxidation sites excluding steroid dienone is 1. The van der Waals surface area contributed by atoms with Crippen molar-refractivity contribution in [1.29, 1.82) is 0 Å². The van der Waals surface area contributed by atoms with E-state index in [1.54, 1.807) is 6.20 Å². The Hall–Kier alpha value is -1.18. The van der Waals surface area contributed by atoms with Crippen molar-refractivity contribution in [3.8, 4) is 0 Å². The molecule has 0 saturated carbocycles. The van der Waals surface area contributed by atoms with E-state index in [0.717, 1.165) is 18.5 Å². The van der Waals surface area contributed by atoms with Crippen molar-refractivity contribution in [2.45, 2.75) is 32.7 Å². The van der Waals surface area contributed by atoms with Gasteiger partial charge in [0.1, 0.15) is 0 Å². The molecule has 1 unspecified atom stereocenters. The molecule has 2 N–H and O–H groups in total. The van der Waals surface area contributed by atoms with Gasteiger partial charge in [0.25, 0.3) is 0 Å². The van der Waals surface area contributed by atoms with E-state index in [-0.39, 0.29) is 6.04 Å². The Labute approximate surface area is 87.8 Å². The van der Waals surface area contributed by atoms with Crippen molar-refractivity contribution in [2.75, 3.05) is 7.05 Å². The number of likely N-dealkylation sites (N-methyl/N-ethyl adjacent to an activating group) is 1. The fourth-order valence-corrected chi connectivity index (χ4v) is 1.33. The first kappa shape index (κ1) is 12.8. The third kappa shape index (κ3) is 4.17. The largest absolute Gasteiger partial charge is 0.390 e. The maximum absolute atomic E-state index is 3.97. The molecule has 0 aromatic carbocycles. The standard InChI is InChI=1S/C12H22N2/c1-6-11(7-2)9-12(14-8-3)10(4)13-5/h6,8,12-14H,3-4,7,9H2,1-2,5H3/b11-6+. The predicted octanol–water partition coefficient (Wildman–Crippen LogP) is 2.57. The second kappa shape index (κ2) is 7.25. The van der Waals surface area contributed by atoms with Gasteiger partial charge in [0.05, 0.1) is 6.04 Å². The van der Waals surface area contributed by atoms with Crippen LogP contribution in [-0.4, -0.2) is 13.1 Å². The molecule has 2 nitrogen and oxygen atoms in total. The molecule has 0 amide bonds. The number of rotatable bonds is 7. The second-order valence-electron chi connectivity index (χ2n) is 3.20. The molecule has 0 spiro atoms. The average Bonchev–Trinajstić information content (AvgIpc) is 2.23. The van der Waals surface area contributed by atoms with Crippen LogP contribution in [0.3, 0.4) is 0 Å². The molecule has 80 valence electrons. The molecule has 14 heavy (non-hydrogen) atoms. The quantitative estimate of drug-likeness (QED) is 0.609. The molecule has 2 heteroatoms. The van der Waals surface area contributed by atoms with Crippen LogP contribution in [0, 0.1) is 0 Å². The normalized spacial score (nSPS) is 13.2. The molecule has 0 aliphatic heterocycles. The molecular weight excluding hydrogens is 172 g/mol. The van der Waals surface area contributed by atoms with Crippen LogP contribution in [0.4, 0.5) is 0 Å². The molecule has 1 atom stereocenters. The Morgan fingerprint density at radius 2 is 2.14 bits per heavy atom. The van der Waals surface area contributed by atoms with Crippen molar-refractivity contribution in [1.82, 2.24) is 10.6 Å². The van der Waals surface area contributed by atoms with E-state index in [1.807, 2.05) is 7.05 Å². The van der Waals surface area contributed by atoms with Crippen molar-refractivity contribution < 1.29 is 0 Å². The maximum atomic E-state index is 3.97. The van der Waals surface area contributed by atoms with Gasteiger partial charge >= 0.3 is 0 Å². The lowest BCUT2D eigenvalue weighted by atomic mass is 10.0. The van der Waals surface area contributed by atoms with E-state index < -0.39 is 0 Å². The van der Waals surface area contributed by atoms with Gasteiger partial charge in [-0.2, -0.15) is 0 Å². The SMILES string of the molecule is C=CNC(C/C(=C/C)CC)C(=C)NC. The zero-order chi connectivity index (χ0) is 11.0. The van der Waals surface area contributed by atoms with Gasteiger partial charge in [-0.15, -0.1) is 0 Å². The molecule has 0 heterocycles. The van der Waals surface area contributed by atoms with Crippen LogP contribution in [0.2, 0.25) is 0 Å². The Balaban J connectivity index is 4.35. The minimum absolute atomic E-state index is 0.239. The summed E-state index contributed by atoms with van der Waals surface area (Å²) < 4.78 is 0. The summed E-state index contributed by atoms with van der Waals surface area (Å²) >= 11 is 0. The van der Waals surface area contributed by atoms with Crippen LogP contribution < -0.4 is 10.6 Å². The molecule has 0 rings (SSSR count). The monoisotopic (exact) mass is 194 g/mol.